The summed E-state index contributed by atoms with van der Waals surface area (Å²) in [5, 5.41) is 0. The summed E-state index contributed by atoms with van der Waals surface area (Å²) in [5.41, 5.74) is 20.4. The molecule has 0 atom stereocenters. The van der Waals surface area contributed by atoms with Crippen molar-refractivity contribution in [2.45, 2.75) is 38.5 Å². The van der Waals surface area contributed by atoms with Gasteiger partial charge in [-0.25, -0.2) is 0 Å². The zero-order chi connectivity index (χ0) is 32.6. The smallest absolute Gasteiger partial charge is 0.0702 e. The van der Waals surface area contributed by atoms with Gasteiger partial charge in [-0.15, -0.1) is 0 Å². The Labute approximate surface area is 283 Å². The number of hydrogen-bond acceptors (Lipinski definition) is 1. The molecule has 0 N–H and O–H groups in total. The number of fused-ring (bicyclic) bond motifs is 6. The van der Waals surface area contributed by atoms with Gasteiger partial charge in [0.2, 0.25) is 0 Å². The SMILES string of the molecule is CC1(C)c2cc(-c3cccc(-c4ccccc4)c3)ccc2-c2ccc(-c3ccc4c(c3)C(C)(C)c3cc(-c5ccccn5)ccc3-4)cc21. The minimum atomic E-state index is -0.109. The molecule has 0 spiro atoms. The van der Waals surface area contributed by atoms with E-state index in [0.29, 0.717) is 0 Å². The molecule has 2 aliphatic rings. The van der Waals surface area contributed by atoms with E-state index in [-0.39, 0.29) is 10.8 Å². The van der Waals surface area contributed by atoms with Crippen LogP contribution in [0.5, 0.6) is 0 Å². The Bertz CT molecular complexity index is 2380. The molecule has 1 nitrogen and oxygen atoms in total. The summed E-state index contributed by atoms with van der Waals surface area (Å²) in [6, 6.07) is 53.8. The molecule has 0 aliphatic heterocycles. The first-order chi connectivity index (χ1) is 23.3. The van der Waals surface area contributed by atoms with Crippen LogP contribution in [0, 0.1) is 0 Å². The van der Waals surface area contributed by atoms with Crippen molar-refractivity contribution in [3.05, 3.63) is 174 Å². The predicted octanol–water partition coefficient (Wildman–Crippen LogP) is 12.4. The summed E-state index contributed by atoms with van der Waals surface area (Å²) >= 11 is 0. The maximum absolute atomic E-state index is 4.62. The lowest BCUT2D eigenvalue weighted by molar-refractivity contribution is 0.659. The van der Waals surface area contributed by atoms with E-state index in [0.717, 1.165) is 5.69 Å². The van der Waals surface area contributed by atoms with Crippen molar-refractivity contribution in [3.8, 4) is 66.9 Å². The maximum atomic E-state index is 4.62. The van der Waals surface area contributed by atoms with Crippen LogP contribution in [0.1, 0.15) is 49.9 Å². The van der Waals surface area contributed by atoms with Gasteiger partial charge in [0.15, 0.2) is 0 Å². The van der Waals surface area contributed by atoms with Crippen molar-refractivity contribution in [2.24, 2.45) is 0 Å². The Morgan fingerprint density at radius 2 is 0.729 bits per heavy atom. The monoisotopic (exact) mass is 615 g/mol. The molecule has 0 bridgehead atoms. The summed E-state index contributed by atoms with van der Waals surface area (Å²) < 4.78 is 0. The van der Waals surface area contributed by atoms with E-state index >= 15 is 0 Å². The Morgan fingerprint density at radius 1 is 0.333 bits per heavy atom. The fraction of sp³-hybridized carbons (Fsp3) is 0.128. The lowest BCUT2D eigenvalue weighted by Gasteiger charge is -2.24. The molecule has 0 radical (unpaired) electrons. The third-order valence-electron chi connectivity index (χ3n) is 10.9. The maximum Gasteiger partial charge on any atom is 0.0702 e. The highest BCUT2D eigenvalue weighted by Gasteiger charge is 2.38. The molecular formula is C47H37N. The number of aromatic nitrogens is 1. The van der Waals surface area contributed by atoms with Crippen LogP contribution in [-0.2, 0) is 10.8 Å². The first-order valence-electron chi connectivity index (χ1n) is 17.0. The van der Waals surface area contributed by atoms with Crippen molar-refractivity contribution in [1.82, 2.24) is 4.98 Å². The van der Waals surface area contributed by atoms with Crippen LogP contribution in [0.15, 0.2) is 152 Å². The molecule has 0 fully saturated rings. The molecule has 48 heavy (non-hydrogen) atoms. The molecule has 0 saturated carbocycles. The van der Waals surface area contributed by atoms with Gasteiger partial charge >= 0.3 is 0 Å². The van der Waals surface area contributed by atoms with E-state index in [4.69, 9.17) is 0 Å². The van der Waals surface area contributed by atoms with Crippen molar-refractivity contribution >= 4 is 0 Å². The summed E-state index contributed by atoms with van der Waals surface area (Å²) in [5.74, 6) is 0. The Morgan fingerprint density at radius 3 is 1.21 bits per heavy atom. The standard InChI is InChI=1S/C47H37N/c1-46(2)41-26-33(32-14-10-13-31(25-32)30-11-6-5-7-12-30)16-20-37(41)38-21-17-34(27-42(38)46)35-18-22-39-40-23-19-36(45-15-8-9-24-48-45)29-44(40)47(3,4)43(39)28-35/h5-29H,1-4H3. The zero-order valence-electron chi connectivity index (χ0n) is 27.9. The van der Waals surface area contributed by atoms with Crippen LogP contribution in [0.2, 0.25) is 0 Å². The van der Waals surface area contributed by atoms with Crippen molar-refractivity contribution in [2.75, 3.05) is 0 Å². The topological polar surface area (TPSA) is 12.9 Å². The fourth-order valence-corrected chi connectivity index (χ4v) is 8.22. The molecule has 230 valence electrons. The molecule has 7 aromatic rings. The van der Waals surface area contributed by atoms with Crippen molar-refractivity contribution in [1.29, 1.82) is 0 Å². The van der Waals surface area contributed by atoms with Crippen LogP contribution < -0.4 is 0 Å². The second-order valence-electron chi connectivity index (χ2n) is 14.5. The van der Waals surface area contributed by atoms with Gasteiger partial charge in [0.25, 0.3) is 0 Å². The number of benzene rings is 6. The number of pyridine rings is 1. The molecule has 1 aromatic heterocycles. The van der Waals surface area contributed by atoms with E-state index < -0.39 is 0 Å². The highest BCUT2D eigenvalue weighted by Crippen LogP contribution is 2.53. The van der Waals surface area contributed by atoms with Gasteiger partial charge in [0.05, 0.1) is 5.69 Å². The predicted molar refractivity (Wildman–Crippen MR) is 201 cm³/mol. The first-order valence-corrected chi connectivity index (χ1v) is 17.0. The van der Waals surface area contributed by atoms with Crippen molar-refractivity contribution < 1.29 is 0 Å². The van der Waals surface area contributed by atoms with E-state index in [9.17, 15) is 0 Å². The normalized spacial score (nSPS) is 14.6. The quantitative estimate of drug-likeness (QED) is 0.192. The van der Waals surface area contributed by atoms with Gasteiger partial charge in [0, 0.05) is 22.6 Å². The number of nitrogens with zero attached hydrogens (tertiary/aromatic N) is 1. The molecule has 1 heteroatoms. The van der Waals surface area contributed by atoms with Gasteiger partial charge < -0.3 is 0 Å². The molecule has 9 rings (SSSR count). The fourth-order valence-electron chi connectivity index (χ4n) is 8.22. The first kappa shape index (κ1) is 28.7. The van der Waals surface area contributed by atoms with Gasteiger partial charge in [-0.2, -0.15) is 0 Å². The molecule has 2 aliphatic carbocycles. The number of hydrogen-bond donors (Lipinski definition) is 0. The zero-order valence-corrected chi connectivity index (χ0v) is 27.9. The van der Waals surface area contributed by atoms with Gasteiger partial charge in [0.1, 0.15) is 0 Å². The molecular weight excluding hydrogens is 579 g/mol. The van der Waals surface area contributed by atoms with E-state index in [1.165, 1.54) is 83.5 Å². The van der Waals surface area contributed by atoms with E-state index in [1.807, 2.05) is 12.3 Å². The van der Waals surface area contributed by atoms with Crippen LogP contribution in [0.3, 0.4) is 0 Å². The Hall–Kier alpha value is -5.53. The van der Waals surface area contributed by atoms with Gasteiger partial charge in [-0.3, -0.25) is 4.98 Å². The van der Waals surface area contributed by atoms with Gasteiger partial charge in [-0.05, 0) is 120 Å². The summed E-state index contributed by atoms with van der Waals surface area (Å²) in [4.78, 5) is 4.62. The van der Waals surface area contributed by atoms with Gasteiger partial charge in [-0.1, -0.05) is 131 Å². The minimum absolute atomic E-state index is 0.105. The average Bonchev–Trinajstić information content (AvgIpc) is 3.50. The highest BCUT2D eigenvalue weighted by molar-refractivity contribution is 5.88. The molecule has 1 heterocycles. The second-order valence-corrected chi connectivity index (χ2v) is 14.5. The Balaban J connectivity index is 1.06. The summed E-state index contributed by atoms with van der Waals surface area (Å²) in [7, 11) is 0. The largest absolute Gasteiger partial charge is 0.256 e. The number of rotatable bonds is 4. The summed E-state index contributed by atoms with van der Waals surface area (Å²) in [6.07, 6.45) is 1.87. The molecule has 6 aromatic carbocycles. The molecule has 0 saturated heterocycles. The van der Waals surface area contributed by atoms with E-state index in [1.54, 1.807) is 0 Å². The third-order valence-corrected chi connectivity index (χ3v) is 10.9. The highest BCUT2D eigenvalue weighted by atomic mass is 14.7. The third kappa shape index (κ3) is 4.34. The Kier molecular flexibility index (Phi) is 6.27. The van der Waals surface area contributed by atoms with Crippen molar-refractivity contribution in [3.63, 3.8) is 0 Å². The lowest BCUT2D eigenvalue weighted by atomic mass is 9.79. The van der Waals surface area contributed by atoms with E-state index in [2.05, 4.69) is 172 Å². The average molecular weight is 616 g/mol. The van der Waals surface area contributed by atoms with Crippen LogP contribution in [0.25, 0.3) is 66.9 Å². The van der Waals surface area contributed by atoms with Crippen LogP contribution in [-0.4, -0.2) is 4.98 Å². The van der Waals surface area contributed by atoms with Crippen LogP contribution in [0.4, 0.5) is 0 Å². The molecule has 0 amide bonds. The summed E-state index contributed by atoms with van der Waals surface area (Å²) in [6.45, 7) is 9.49. The van der Waals surface area contributed by atoms with Crippen LogP contribution >= 0.6 is 0 Å². The minimum Gasteiger partial charge on any atom is -0.256 e. The lowest BCUT2D eigenvalue weighted by Crippen LogP contribution is -2.15. The second kappa shape index (κ2) is 10.5. The molecule has 0 unspecified atom stereocenters.